The number of fused-ring (bicyclic) bond motifs is 1. The lowest BCUT2D eigenvalue weighted by atomic mass is 9.96. The Balaban J connectivity index is 1.19. The molecular formula is C28H31N5O4. The molecule has 1 aliphatic rings. The van der Waals surface area contributed by atoms with Crippen molar-refractivity contribution < 1.29 is 18.7 Å². The molecule has 2 amide bonds. The van der Waals surface area contributed by atoms with Crippen LogP contribution in [0.1, 0.15) is 39.3 Å². The SMILES string of the molecule is COCCNC(=O)c1ccc2nn(CC3CCN(C(=O)c4cnc(-c5ccccc5)o4)CC3)cc2c1C. The predicted molar refractivity (Wildman–Crippen MR) is 139 cm³/mol. The smallest absolute Gasteiger partial charge is 0.291 e. The van der Waals surface area contributed by atoms with Gasteiger partial charge in [-0.2, -0.15) is 5.10 Å². The molecule has 2 aromatic carbocycles. The van der Waals surface area contributed by atoms with Crippen LogP contribution in [0.2, 0.25) is 0 Å². The van der Waals surface area contributed by atoms with E-state index in [0.717, 1.165) is 41.4 Å². The van der Waals surface area contributed by atoms with Crippen molar-refractivity contribution in [3.05, 3.63) is 71.7 Å². The van der Waals surface area contributed by atoms with Crippen molar-refractivity contribution in [3.63, 3.8) is 0 Å². The number of hydrogen-bond acceptors (Lipinski definition) is 6. The van der Waals surface area contributed by atoms with Crippen molar-refractivity contribution in [1.29, 1.82) is 0 Å². The molecule has 0 radical (unpaired) electrons. The fourth-order valence-corrected chi connectivity index (χ4v) is 4.81. The molecule has 1 N–H and O–H groups in total. The minimum Gasteiger partial charge on any atom is -0.431 e. The third-order valence-electron chi connectivity index (χ3n) is 6.93. The molecular weight excluding hydrogens is 470 g/mol. The van der Waals surface area contributed by atoms with Crippen LogP contribution >= 0.6 is 0 Å². The summed E-state index contributed by atoms with van der Waals surface area (Å²) in [5.74, 6) is 0.905. The van der Waals surface area contributed by atoms with E-state index in [2.05, 4.69) is 10.3 Å². The van der Waals surface area contributed by atoms with E-state index in [4.69, 9.17) is 14.3 Å². The first-order valence-electron chi connectivity index (χ1n) is 12.6. The van der Waals surface area contributed by atoms with Crippen molar-refractivity contribution in [3.8, 4) is 11.5 Å². The molecule has 5 rings (SSSR count). The fraction of sp³-hybridized carbons (Fsp3) is 0.357. The van der Waals surface area contributed by atoms with Gasteiger partial charge in [-0.3, -0.25) is 14.3 Å². The molecule has 9 heteroatoms. The monoisotopic (exact) mass is 501 g/mol. The molecule has 1 saturated heterocycles. The number of piperidine rings is 1. The second kappa shape index (κ2) is 11.0. The Morgan fingerprint density at radius 3 is 2.68 bits per heavy atom. The van der Waals surface area contributed by atoms with Gasteiger partial charge in [0, 0.05) is 56.0 Å². The van der Waals surface area contributed by atoms with Crippen molar-refractivity contribution >= 4 is 22.7 Å². The lowest BCUT2D eigenvalue weighted by molar-refractivity contribution is 0.0650. The Labute approximate surface area is 215 Å². The summed E-state index contributed by atoms with van der Waals surface area (Å²) in [5, 5.41) is 8.59. The zero-order chi connectivity index (χ0) is 25.8. The number of likely N-dealkylation sites (tertiary alicyclic amines) is 1. The largest absolute Gasteiger partial charge is 0.431 e. The molecule has 1 fully saturated rings. The molecule has 0 aliphatic carbocycles. The van der Waals surface area contributed by atoms with Gasteiger partial charge >= 0.3 is 0 Å². The molecule has 192 valence electrons. The summed E-state index contributed by atoms with van der Waals surface area (Å²) in [7, 11) is 1.61. The van der Waals surface area contributed by atoms with Gasteiger partial charge in [0.25, 0.3) is 11.8 Å². The molecule has 0 unspecified atom stereocenters. The van der Waals surface area contributed by atoms with Crippen molar-refractivity contribution in [2.45, 2.75) is 26.3 Å². The van der Waals surface area contributed by atoms with Gasteiger partial charge in [0.2, 0.25) is 11.7 Å². The number of nitrogens with one attached hydrogen (secondary N) is 1. The van der Waals surface area contributed by atoms with E-state index in [9.17, 15) is 9.59 Å². The number of rotatable bonds is 8. The third kappa shape index (κ3) is 5.41. The van der Waals surface area contributed by atoms with Crippen LogP contribution in [0.15, 0.2) is 59.3 Å². The predicted octanol–water partition coefficient (Wildman–Crippen LogP) is 3.93. The third-order valence-corrected chi connectivity index (χ3v) is 6.93. The maximum atomic E-state index is 13.0. The summed E-state index contributed by atoms with van der Waals surface area (Å²) in [6.07, 6.45) is 5.30. The Bertz CT molecular complexity index is 1390. The summed E-state index contributed by atoms with van der Waals surface area (Å²) < 4.78 is 12.7. The lowest BCUT2D eigenvalue weighted by Crippen LogP contribution is -2.39. The van der Waals surface area contributed by atoms with E-state index in [1.807, 2.05) is 65.2 Å². The van der Waals surface area contributed by atoms with E-state index in [0.29, 0.717) is 43.6 Å². The van der Waals surface area contributed by atoms with E-state index >= 15 is 0 Å². The number of ether oxygens (including phenoxy) is 1. The number of carbonyl (C=O) groups excluding carboxylic acids is 2. The molecule has 9 nitrogen and oxygen atoms in total. The van der Waals surface area contributed by atoms with E-state index in [1.165, 1.54) is 6.20 Å². The van der Waals surface area contributed by atoms with Gasteiger partial charge < -0.3 is 19.4 Å². The maximum absolute atomic E-state index is 13.0. The number of nitrogens with zero attached hydrogens (tertiary/aromatic N) is 4. The number of carbonyl (C=O) groups is 2. The molecule has 1 aliphatic heterocycles. The van der Waals surface area contributed by atoms with E-state index in [-0.39, 0.29) is 17.6 Å². The van der Waals surface area contributed by atoms with Crippen LogP contribution in [0, 0.1) is 12.8 Å². The van der Waals surface area contributed by atoms with Crippen LogP contribution in [0.3, 0.4) is 0 Å². The molecule has 0 saturated carbocycles. The van der Waals surface area contributed by atoms with Crippen molar-refractivity contribution in [2.75, 3.05) is 33.4 Å². The van der Waals surface area contributed by atoms with E-state index in [1.54, 1.807) is 7.11 Å². The minimum atomic E-state index is -0.120. The summed E-state index contributed by atoms with van der Waals surface area (Å²) in [5.41, 5.74) is 3.29. The average Bonchev–Trinajstić information content (AvgIpc) is 3.58. The van der Waals surface area contributed by atoms with Crippen LogP contribution in [0.25, 0.3) is 22.4 Å². The molecule has 4 aromatic rings. The van der Waals surface area contributed by atoms with E-state index < -0.39 is 0 Å². The maximum Gasteiger partial charge on any atom is 0.291 e. The highest BCUT2D eigenvalue weighted by atomic mass is 16.5. The fourth-order valence-electron chi connectivity index (χ4n) is 4.81. The molecule has 37 heavy (non-hydrogen) atoms. The van der Waals surface area contributed by atoms with Crippen LogP contribution in [-0.2, 0) is 11.3 Å². The standard InChI is InChI=1S/C28H31N5O4/c1-19-22(26(34)29-12-15-36-2)8-9-24-23(19)18-33(31-24)17-20-10-13-32(14-11-20)28(35)25-16-30-27(37-25)21-6-4-3-5-7-21/h3-9,16,18,20H,10-15,17H2,1-2H3,(H,29,34). The second-order valence-corrected chi connectivity index (χ2v) is 9.40. The van der Waals surface area contributed by atoms with Gasteiger partial charge in [-0.15, -0.1) is 0 Å². The Morgan fingerprint density at radius 2 is 1.92 bits per heavy atom. The number of aromatic nitrogens is 3. The van der Waals surface area contributed by atoms with Crippen LogP contribution < -0.4 is 5.32 Å². The Kier molecular flexibility index (Phi) is 7.32. The summed E-state index contributed by atoms with van der Waals surface area (Å²) in [6, 6.07) is 13.3. The second-order valence-electron chi connectivity index (χ2n) is 9.40. The van der Waals surface area contributed by atoms with Crippen molar-refractivity contribution in [2.24, 2.45) is 5.92 Å². The lowest BCUT2D eigenvalue weighted by Gasteiger charge is -2.31. The normalized spacial score (nSPS) is 14.3. The number of aryl methyl sites for hydroxylation is 1. The number of amides is 2. The molecule has 0 atom stereocenters. The summed E-state index contributed by atoms with van der Waals surface area (Å²) in [6.45, 7) is 5.00. The van der Waals surface area contributed by atoms with Gasteiger partial charge in [0.05, 0.1) is 18.3 Å². The molecule has 0 bridgehead atoms. The number of oxazole rings is 1. The molecule has 3 heterocycles. The number of benzene rings is 2. The van der Waals surface area contributed by atoms with Crippen LogP contribution in [0.4, 0.5) is 0 Å². The summed E-state index contributed by atoms with van der Waals surface area (Å²) >= 11 is 0. The first kappa shape index (κ1) is 24.7. The van der Waals surface area contributed by atoms with Crippen LogP contribution in [-0.4, -0.2) is 64.8 Å². The average molecular weight is 502 g/mol. The quantitative estimate of drug-likeness (QED) is 0.367. The highest BCUT2D eigenvalue weighted by Gasteiger charge is 2.26. The van der Waals surface area contributed by atoms with Gasteiger partial charge in [-0.25, -0.2) is 4.98 Å². The summed E-state index contributed by atoms with van der Waals surface area (Å²) in [4.78, 5) is 31.6. The Hall–Kier alpha value is -3.98. The molecule has 0 spiro atoms. The molecule has 2 aromatic heterocycles. The van der Waals surface area contributed by atoms with Crippen molar-refractivity contribution in [1.82, 2.24) is 25.0 Å². The van der Waals surface area contributed by atoms with Gasteiger partial charge in [0.15, 0.2) is 0 Å². The highest BCUT2D eigenvalue weighted by molar-refractivity contribution is 6.00. The minimum absolute atomic E-state index is 0.108. The van der Waals surface area contributed by atoms with Gasteiger partial charge in [-0.05, 0) is 55.5 Å². The first-order valence-corrected chi connectivity index (χ1v) is 12.6. The zero-order valence-electron chi connectivity index (χ0n) is 21.1. The highest BCUT2D eigenvalue weighted by Crippen LogP contribution is 2.25. The topological polar surface area (TPSA) is 102 Å². The number of hydrogen-bond donors (Lipinski definition) is 1. The first-order chi connectivity index (χ1) is 18.0. The Morgan fingerprint density at radius 1 is 1.14 bits per heavy atom. The van der Waals surface area contributed by atoms with Gasteiger partial charge in [-0.1, -0.05) is 18.2 Å². The van der Waals surface area contributed by atoms with Gasteiger partial charge in [0.1, 0.15) is 0 Å². The zero-order valence-corrected chi connectivity index (χ0v) is 21.1. The number of methoxy groups -OCH3 is 1. The van der Waals surface area contributed by atoms with Crippen LogP contribution in [0.5, 0.6) is 0 Å².